The quantitative estimate of drug-likeness (QED) is 0.173. The number of hydrogen-bond donors (Lipinski definition) is 2. The van der Waals surface area contributed by atoms with Crippen molar-refractivity contribution in [2.45, 2.75) is 35.8 Å². The zero-order chi connectivity index (χ0) is 30.5. The Kier molecular flexibility index (Phi) is 9.25. The van der Waals surface area contributed by atoms with Gasteiger partial charge >= 0.3 is 0 Å². The van der Waals surface area contributed by atoms with Crippen molar-refractivity contribution < 1.29 is 27.5 Å². The van der Waals surface area contributed by atoms with Crippen molar-refractivity contribution in [3.8, 4) is 28.0 Å². The Balaban J connectivity index is 1.24. The Labute approximate surface area is 251 Å². The lowest BCUT2D eigenvalue weighted by atomic mass is 9.95. The summed E-state index contributed by atoms with van der Waals surface area (Å²) < 4.78 is 44.8. The molecule has 4 aromatic rings. The normalized spacial score (nSPS) is 15.1. The Morgan fingerprint density at radius 1 is 0.884 bits per heavy atom. The second-order valence-corrected chi connectivity index (χ2v) is 13.0. The van der Waals surface area contributed by atoms with Gasteiger partial charge in [0.15, 0.2) is 14.6 Å². The number of rotatable bonds is 10. The number of hydrogen-bond acceptors (Lipinski definition) is 6. The van der Waals surface area contributed by atoms with E-state index in [1.165, 1.54) is 24.3 Å². The highest BCUT2D eigenvalue weighted by atomic mass is 32.2. The molecule has 43 heavy (non-hydrogen) atoms. The molecule has 2 N–H and O–H groups in total. The second-order valence-electron chi connectivity index (χ2n) is 10.7. The third kappa shape index (κ3) is 6.49. The van der Waals surface area contributed by atoms with Crippen molar-refractivity contribution in [1.82, 2.24) is 10.4 Å². The van der Waals surface area contributed by atoms with E-state index in [2.05, 4.69) is 17.0 Å². The van der Waals surface area contributed by atoms with E-state index in [-0.39, 0.29) is 23.6 Å². The standard InChI is InChI=1S/C34H35FN2O5S/c1-2-37-20-18-34(19-21-37,33(38)36-39)43(40,41)32-15-13-31(14-16-32)42-22-17-25-5-3-6-27(23-25)29-8-4-7-28(24-29)26-9-11-30(35)12-10-26/h3-16,23-24,39H,2,17-22H2,1H3,(H,36,38). The van der Waals surface area contributed by atoms with E-state index in [4.69, 9.17) is 4.74 Å². The minimum atomic E-state index is -4.07. The molecule has 1 aliphatic rings. The number of piperidine rings is 1. The number of likely N-dealkylation sites (tertiary alicyclic amines) is 1. The molecule has 0 saturated carbocycles. The molecule has 1 heterocycles. The van der Waals surface area contributed by atoms with E-state index >= 15 is 0 Å². The van der Waals surface area contributed by atoms with E-state index in [0.29, 0.717) is 31.9 Å². The molecule has 1 fully saturated rings. The first-order valence-electron chi connectivity index (χ1n) is 14.4. The number of nitrogens with zero attached hydrogens (tertiary/aromatic N) is 1. The average molecular weight is 603 g/mol. The van der Waals surface area contributed by atoms with Gasteiger partial charge in [0.1, 0.15) is 11.6 Å². The third-order valence-corrected chi connectivity index (χ3v) is 10.7. The van der Waals surface area contributed by atoms with Crippen LogP contribution in [0, 0.1) is 5.82 Å². The largest absolute Gasteiger partial charge is 0.493 e. The fourth-order valence-electron chi connectivity index (χ4n) is 5.60. The number of benzene rings is 4. The van der Waals surface area contributed by atoms with Gasteiger partial charge in [0.2, 0.25) is 0 Å². The fourth-order valence-corrected chi connectivity index (χ4v) is 7.56. The van der Waals surface area contributed by atoms with Crippen molar-refractivity contribution in [2.75, 3.05) is 26.2 Å². The van der Waals surface area contributed by atoms with Gasteiger partial charge in [-0.25, -0.2) is 18.3 Å². The molecule has 0 bridgehead atoms. The Bertz CT molecular complexity index is 1670. The number of hydroxylamine groups is 1. The van der Waals surface area contributed by atoms with Crippen molar-refractivity contribution in [2.24, 2.45) is 0 Å². The first-order chi connectivity index (χ1) is 20.8. The van der Waals surface area contributed by atoms with Crippen LogP contribution in [0.25, 0.3) is 22.3 Å². The maximum atomic E-state index is 13.6. The summed E-state index contributed by atoms with van der Waals surface area (Å²) in [4.78, 5) is 14.8. The summed E-state index contributed by atoms with van der Waals surface area (Å²) in [5.41, 5.74) is 6.73. The molecule has 1 aliphatic heterocycles. The van der Waals surface area contributed by atoms with E-state index in [9.17, 15) is 22.8 Å². The monoisotopic (exact) mass is 602 g/mol. The molecular weight excluding hydrogens is 567 g/mol. The number of sulfone groups is 1. The van der Waals surface area contributed by atoms with Crippen LogP contribution in [0.4, 0.5) is 4.39 Å². The Morgan fingerprint density at radius 3 is 2.12 bits per heavy atom. The number of nitrogens with one attached hydrogen (secondary N) is 1. The summed E-state index contributed by atoms with van der Waals surface area (Å²) in [6.07, 6.45) is 0.839. The maximum absolute atomic E-state index is 13.6. The summed E-state index contributed by atoms with van der Waals surface area (Å²) >= 11 is 0. The lowest BCUT2D eigenvalue weighted by molar-refractivity contribution is -0.133. The summed E-state index contributed by atoms with van der Waals surface area (Å²) in [7, 11) is -4.07. The number of ether oxygens (including phenoxy) is 1. The van der Waals surface area contributed by atoms with Crippen LogP contribution < -0.4 is 10.2 Å². The lowest BCUT2D eigenvalue weighted by Gasteiger charge is -2.39. The number of amides is 1. The molecule has 0 spiro atoms. The van der Waals surface area contributed by atoms with Crippen LogP contribution in [-0.4, -0.2) is 55.4 Å². The minimum absolute atomic E-state index is 0.0176. The van der Waals surface area contributed by atoms with Crippen LogP contribution in [0.2, 0.25) is 0 Å². The molecular formula is C34H35FN2O5S. The predicted molar refractivity (Wildman–Crippen MR) is 164 cm³/mol. The third-order valence-electron chi connectivity index (χ3n) is 8.23. The smallest absolute Gasteiger partial charge is 0.265 e. The number of carbonyl (C=O) groups is 1. The Morgan fingerprint density at radius 2 is 1.49 bits per heavy atom. The topological polar surface area (TPSA) is 95.9 Å². The molecule has 0 radical (unpaired) electrons. The Hall–Kier alpha value is -4.05. The van der Waals surface area contributed by atoms with Gasteiger partial charge in [-0.3, -0.25) is 10.0 Å². The van der Waals surface area contributed by atoms with E-state index in [1.54, 1.807) is 29.7 Å². The minimum Gasteiger partial charge on any atom is -0.493 e. The van der Waals surface area contributed by atoms with Gasteiger partial charge in [-0.15, -0.1) is 0 Å². The molecule has 9 heteroatoms. The molecule has 0 atom stereocenters. The lowest BCUT2D eigenvalue weighted by Crippen LogP contribution is -2.57. The van der Waals surface area contributed by atoms with Gasteiger partial charge in [0.05, 0.1) is 11.5 Å². The van der Waals surface area contributed by atoms with Gasteiger partial charge in [-0.2, -0.15) is 0 Å². The van der Waals surface area contributed by atoms with Crippen LogP contribution in [0.3, 0.4) is 0 Å². The SMILES string of the molecule is CCN1CCC(C(=O)NO)(S(=O)(=O)c2ccc(OCCc3cccc(-c4cccc(-c5ccc(F)cc5)c4)c3)cc2)CC1. The van der Waals surface area contributed by atoms with E-state index < -0.39 is 20.5 Å². The molecule has 1 amide bonds. The average Bonchev–Trinajstić information content (AvgIpc) is 3.05. The molecule has 7 nitrogen and oxygen atoms in total. The first-order valence-corrected chi connectivity index (χ1v) is 15.8. The van der Waals surface area contributed by atoms with Crippen LogP contribution in [0.5, 0.6) is 5.75 Å². The number of halogens is 1. The van der Waals surface area contributed by atoms with Gasteiger partial charge < -0.3 is 9.64 Å². The molecule has 224 valence electrons. The molecule has 0 aliphatic carbocycles. The van der Waals surface area contributed by atoms with Gasteiger partial charge in [0.25, 0.3) is 5.91 Å². The van der Waals surface area contributed by atoms with Gasteiger partial charge in [0, 0.05) is 19.5 Å². The van der Waals surface area contributed by atoms with Crippen LogP contribution in [-0.2, 0) is 21.1 Å². The number of carbonyl (C=O) groups excluding carboxylic acids is 1. The maximum Gasteiger partial charge on any atom is 0.265 e. The zero-order valence-electron chi connectivity index (χ0n) is 24.0. The summed E-state index contributed by atoms with van der Waals surface area (Å²) in [6.45, 7) is 4.03. The molecule has 0 unspecified atom stereocenters. The summed E-state index contributed by atoms with van der Waals surface area (Å²) in [5.74, 6) is -0.643. The highest BCUT2D eigenvalue weighted by Gasteiger charge is 2.52. The molecule has 0 aromatic heterocycles. The highest BCUT2D eigenvalue weighted by molar-refractivity contribution is 7.93. The zero-order valence-corrected chi connectivity index (χ0v) is 24.8. The van der Waals surface area contributed by atoms with Crippen molar-refractivity contribution in [3.05, 3.63) is 108 Å². The summed E-state index contributed by atoms with van der Waals surface area (Å²) in [5, 5.41) is 9.36. The molecule has 4 aromatic carbocycles. The first kappa shape index (κ1) is 30.4. The molecule has 1 saturated heterocycles. The van der Waals surface area contributed by atoms with Gasteiger partial charge in [-0.1, -0.05) is 61.5 Å². The fraction of sp³-hybridized carbons (Fsp3) is 0.265. The predicted octanol–water partition coefficient (Wildman–Crippen LogP) is 5.91. The van der Waals surface area contributed by atoms with Crippen LogP contribution >= 0.6 is 0 Å². The van der Waals surface area contributed by atoms with Gasteiger partial charge in [-0.05, 0) is 89.7 Å². The van der Waals surface area contributed by atoms with Crippen molar-refractivity contribution >= 4 is 15.7 Å². The van der Waals surface area contributed by atoms with Crippen LogP contribution in [0.15, 0.2) is 102 Å². The van der Waals surface area contributed by atoms with E-state index in [0.717, 1.165) is 34.4 Å². The van der Waals surface area contributed by atoms with Crippen molar-refractivity contribution in [3.63, 3.8) is 0 Å². The van der Waals surface area contributed by atoms with Crippen molar-refractivity contribution in [1.29, 1.82) is 0 Å². The second kappa shape index (κ2) is 13.1. The van der Waals surface area contributed by atoms with E-state index in [1.807, 2.05) is 43.3 Å². The molecule has 5 rings (SSSR count). The highest BCUT2D eigenvalue weighted by Crippen LogP contribution is 2.36. The summed E-state index contributed by atoms with van der Waals surface area (Å²) in [6, 6.07) is 28.8. The van der Waals surface area contributed by atoms with Crippen LogP contribution in [0.1, 0.15) is 25.3 Å².